The van der Waals surface area contributed by atoms with Crippen molar-refractivity contribution >= 4 is 22.6 Å². The number of pyridine rings is 2. The summed E-state index contributed by atoms with van der Waals surface area (Å²) in [4.78, 5) is 23.3. The quantitative estimate of drug-likeness (QED) is 0.491. The fourth-order valence-corrected chi connectivity index (χ4v) is 3.07. The average Bonchev–Trinajstić information content (AvgIpc) is 3.18. The van der Waals surface area contributed by atoms with E-state index < -0.39 is 11.7 Å². The highest BCUT2D eigenvalue weighted by atomic mass is 19.1. The summed E-state index contributed by atoms with van der Waals surface area (Å²) in [6.45, 7) is 3.38. The van der Waals surface area contributed by atoms with Gasteiger partial charge in [-0.15, -0.1) is 0 Å². The molecule has 0 atom stereocenters. The smallest absolute Gasteiger partial charge is 0.247 e. The van der Waals surface area contributed by atoms with Crippen molar-refractivity contribution in [2.45, 2.75) is 0 Å². The summed E-state index contributed by atoms with van der Waals surface area (Å²) in [5.41, 5.74) is 4.19. The lowest BCUT2D eigenvalue weighted by Crippen LogP contribution is -2.08. The number of nitrogens with zero attached hydrogens (tertiary/aromatic N) is 2. The van der Waals surface area contributed by atoms with Gasteiger partial charge in [-0.2, -0.15) is 0 Å². The van der Waals surface area contributed by atoms with Crippen molar-refractivity contribution in [2.75, 3.05) is 12.4 Å². The number of benzene rings is 1. The number of carbonyl (C=O) groups is 1. The van der Waals surface area contributed by atoms with E-state index in [0.29, 0.717) is 5.88 Å². The molecule has 2 N–H and O–H groups in total. The maximum absolute atomic E-state index is 14.1. The Balaban J connectivity index is 1.79. The summed E-state index contributed by atoms with van der Waals surface area (Å²) in [5.74, 6) is -0.486. The molecule has 29 heavy (non-hydrogen) atoms. The van der Waals surface area contributed by atoms with E-state index in [9.17, 15) is 9.18 Å². The Morgan fingerprint density at radius 1 is 1.17 bits per heavy atom. The molecule has 0 unspecified atom stereocenters. The minimum absolute atomic E-state index is 0.0839. The van der Waals surface area contributed by atoms with E-state index in [-0.39, 0.29) is 5.69 Å². The lowest BCUT2D eigenvalue weighted by molar-refractivity contribution is -0.111. The number of halogens is 1. The molecule has 0 saturated carbocycles. The van der Waals surface area contributed by atoms with Gasteiger partial charge in [0.25, 0.3) is 0 Å². The molecule has 0 aliphatic rings. The number of carbonyl (C=O) groups excluding carboxylic acids is 1. The summed E-state index contributed by atoms with van der Waals surface area (Å²) >= 11 is 0. The molecule has 0 fully saturated rings. The molecular weight excluding hydrogens is 371 g/mol. The van der Waals surface area contributed by atoms with E-state index in [1.807, 2.05) is 24.4 Å². The monoisotopic (exact) mass is 388 g/mol. The van der Waals surface area contributed by atoms with E-state index >= 15 is 0 Å². The largest absolute Gasteiger partial charge is 0.481 e. The third-order valence-corrected chi connectivity index (χ3v) is 4.53. The molecular formula is C22H17FN4O2. The van der Waals surface area contributed by atoms with E-state index in [4.69, 9.17) is 4.74 Å². The number of amides is 1. The van der Waals surface area contributed by atoms with Gasteiger partial charge in [0.2, 0.25) is 11.8 Å². The molecule has 0 spiro atoms. The van der Waals surface area contributed by atoms with Crippen LogP contribution < -0.4 is 10.1 Å². The van der Waals surface area contributed by atoms with Crippen LogP contribution in [0.4, 0.5) is 10.1 Å². The van der Waals surface area contributed by atoms with Crippen molar-refractivity contribution in [1.82, 2.24) is 15.0 Å². The number of rotatable bonds is 5. The first-order chi connectivity index (χ1) is 14.1. The van der Waals surface area contributed by atoms with E-state index in [2.05, 4.69) is 26.8 Å². The fourth-order valence-electron chi connectivity index (χ4n) is 3.07. The van der Waals surface area contributed by atoms with Gasteiger partial charge in [-0.3, -0.25) is 4.79 Å². The molecule has 4 aromatic rings. The lowest BCUT2D eigenvalue weighted by atomic mass is 10.0. The number of hydrogen-bond acceptors (Lipinski definition) is 4. The second-order valence-electron chi connectivity index (χ2n) is 6.30. The molecule has 0 radical (unpaired) electrons. The number of nitrogens with one attached hydrogen (secondary N) is 2. The van der Waals surface area contributed by atoms with Crippen LogP contribution in [0.2, 0.25) is 0 Å². The zero-order chi connectivity index (χ0) is 20.4. The highest BCUT2D eigenvalue weighted by Gasteiger charge is 2.12. The summed E-state index contributed by atoms with van der Waals surface area (Å²) in [6, 6.07) is 10.2. The number of ether oxygens (including phenoxy) is 1. The van der Waals surface area contributed by atoms with Gasteiger partial charge in [0.1, 0.15) is 11.5 Å². The van der Waals surface area contributed by atoms with Crippen LogP contribution in [0.25, 0.3) is 33.3 Å². The van der Waals surface area contributed by atoms with Crippen LogP contribution >= 0.6 is 0 Å². The standard InChI is InChI=1S/C22H17FN4O2/c1-3-20(28)27-19-9-13(4-5-18(19)23)15-8-16-17(12-26-22(16)25-11-15)14-6-7-24-21(10-14)29-2/h3-12H,1H2,2H3,(H,25,26)(H,27,28). The fraction of sp³-hybridized carbons (Fsp3) is 0.0455. The van der Waals surface area contributed by atoms with Gasteiger partial charge < -0.3 is 15.0 Å². The van der Waals surface area contributed by atoms with Crippen molar-refractivity contribution < 1.29 is 13.9 Å². The molecule has 3 aromatic heterocycles. The molecule has 4 rings (SSSR count). The van der Waals surface area contributed by atoms with E-state index in [0.717, 1.165) is 39.4 Å². The molecule has 1 amide bonds. The van der Waals surface area contributed by atoms with Gasteiger partial charge in [-0.05, 0) is 41.5 Å². The van der Waals surface area contributed by atoms with E-state index in [1.165, 1.54) is 6.07 Å². The van der Waals surface area contributed by atoms with Crippen molar-refractivity contribution in [3.63, 3.8) is 0 Å². The van der Waals surface area contributed by atoms with Crippen molar-refractivity contribution in [3.8, 4) is 28.1 Å². The first-order valence-electron chi connectivity index (χ1n) is 8.80. The summed E-state index contributed by atoms with van der Waals surface area (Å²) < 4.78 is 19.3. The minimum Gasteiger partial charge on any atom is -0.481 e. The van der Waals surface area contributed by atoms with Gasteiger partial charge in [-0.25, -0.2) is 14.4 Å². The Morgan fingerprint density at radius 3 is 2.83 bits per heavy atom. The van der Waals surface area contributed by atoms with Crippen molar-refractivity contribution in [1.29, 1.82) is 0 Å². The van der Waals surface area contributed by atoms with E-state index in [1.54, 1.807) is 31.6 Å². The van der Waals surface area contributed by atoms with Gasteiger partial charge in [0, 0.05) is 41.2 Å². The Hall–Kier alpha value is -4.00. The molecule has 3 heterocycles. The number of anilines is 1. The van der Waals surface area contributed by atoms with Crippen molar-refractivity contribution in [2.24, 2.45) is 0 Å². The Bertz CT molecular complexity index is 1230. The maximum atomic E-state index is 14.1. The molecule has 144 valence electrons. The van der Waals surface area contributed by atoms with Crippen LogP contribution in [-0.2, 0) is 4.79 Å². The first kappa shape index (κ1) is 18.4. The van der Waals surface area contributed by atoms with Crippen LogP contribution in [0.5, 0.6) is 5.88 Å². The van der Waals surface area contributed by atoms with Crippen LogP contribution in [0.15, 0.2) is 67.6 Å². The third-order valence-electron chi connectivity index (χ3n) is 4.53. The molecule has 0 saturated heterocycles. The summed E-state index contributed by atoms with van der Waals surface area (Å²) in [6.07, 6.45) is 6.34. The highest BCUT2D eigenvalue weighted by molar-refractivity contribution is 6.00. The Labute approximate surface area is 166 Å². The second-order valence-corrected chi connectivity index (χ2v) is 6.30. The average molecular weight is 388 g/mol. The molecule has 0 aliphatic heterocycles. The Morgan fingerprint density at radius 2 is 2.03 bits per heavy atom. The topological polar surface area (TPSA) is 79.9 Å². The summed E-state index contributed by atoms with van der Waals surface area (Å²) in [5, 5.41) is 3.37. The maximum Gasteiger partial charge on any atom is 0.247 e. The number of fused-ring (bicyclic) bond motifs is 1. The molecule has 0 aliphatic carbocycles. The van der Waals surface area contributed by atoms with Crippen molar-refractivity contribution in [3.05, 3.63) is 73.5 Å². The Kier molecular flexibility index (Phi) is 4.78. The lowest BCUT2D eigenvalue weighted by Gasteiger charge is -2.08. The predicted octanol–water partition coefficient (Wildman–Crippen LogP) is 4.56. The first-order valence-corrected chi connectivity index (χ1v) is 8.80. The van der Waals surface area contributed by atoms with Gasteiger partial charge in [-0.1, -0.05) is 12.6 Å². The zero-order valence-corrected chi connectivity index (χ0v) is 15.6. The normalized spacial score (nSPS) is 10.7. The SMILES string of the molecule is C=CC(=O)Nc1cc(-c2cnc3[nH]cc(-c4ccnc(OC)c4)c3c2)ccc1F. The zero-order valence-electron chi connectivity index (χ0n) is 15.6. The molecule has 6 nitrogen and oxygen atoms in total. The van der Waals surface area contributed by atoms with Gasteiger partial charge in [0.05, 0.1) is 12.8 Å². The van der Waals surface area contributed by atoms with Crippen LogP contribution in [0, 0.1) is 5.82 Å². The second kappa shape index (κ2) is 7.55. The van der Waals surface area contributed by atoms with Crippen LogP contribution in [-0.4, -0.2) is 28.0 Å². The highest BCUT2D eigenvalue weighted by Crippen LogP contribution is 2.33. The van der Waals surface area contributed by atoms with Crippen LogP contribution in [0.1, 0.15) is 0 Å². The molecule has 1 aromatic carbocycles. The predicted molar refractivity (Wildman–Crippen MR) is 110 cm³/mol. The molecule has 7 heteroatoms. The summed E-state index contributed by atoms with van der Waals surface area (Å²) in [7, 11) is 1.57. The number of H-pyrrole nitrogens is 1. The van der Waals surface area contributed by atoms with Gasteiger partial charge >= 0.3 is 0 Å². The van der Waals surface area contributed by atoms with Crippen LogP contribution in [0.3, 0.4) is 0 Å². The number of aromatic nitrogens is 3. The number of hydrogen-bond donors (Lipinski definition) is 2. The molecule has 0 bridgehead atoms. The minimum atomic E-state index is -0.524. The van der Waals surface area contributed by atoms with Gasteiger partial charge in [0.15, 0.2) is 0 Å². The number of methoxy groups -OCH3 is 1. The third kappa shape index (κ3) is 3.58. The number of aromatic amines is 1.